The van der Waals surface area contributed by atoms with Crippen LogP contribution in [0, 0.1) is 0 Å². The van der Waals surface area contributed by atoms with Crippen molar-refractivity contribution >= 4 is 28.4 Å². The van der Waals surface area contributed by atoms with E-state index in [1.807, 2.05) is 30.3 Å². The lowest BCUT2D eigenvalue weighted by molar-refractivity contribution is -0.137. The Morgan fingerprint density at radius 2 is 1.72 bits per heavy atom. The van der Waals surface area contributed by atoms with E-state index in [0.717, 1.165) is 23.1 Å². The number of carbonyl (C=O) groups is 1. The second-order valence-electron chi connectivity index (χ2n) is 8.74. The van der Waals surface area contributed by atoms with Gasteiger partial charge in [0.05, 0.1) is 17.6 Å². The fourth-order valence-electron chi connectivity index (χ4n) is 4.84. The van der Waals surface area contributed by atoms with Crippen molar-refractivity contribution in [2.75, 3.05) is 0 Å². The number of benzene rings is 3. The second kappa shape index (κ2) is 9.11. The van der Waals surface area contributed by atoms with Gasteiger partial charge < -0.3 is 4.98 Å². The molecular formula is C27H21ClF3N3O2. The van der Waals surface area contributed by atoms with Gasteiger partial charge in [0.2, 0.25) is 5.91 Å². The maximum Gasteiger partial charge on any atom is 0.416 e. The molecule has 1 aliphatic rings. The van der Waals surface area contributed by atoms with Crippen LogP contribution in [0.5, 0.6) is 0 Å². The molecule has 2 unspecified atom stereocenters. The second-order valence-corrected chi connectivity index (χ2v) is 9.18. The van der Waals surface area contributed by atoms with E-state index in [1.54, 1.807) is 18.2 Å². The summed E-state index contributed by atoms with van der Waals surface area (Å²) in [6, 6.07) is 18.2. The first kappa shape index (κ1) is 24.1. The van der Waals surface area contributed by atoms with Gasteiger partial charge in [0.15, 0.2) is 0 Å². The largest absolute Gasteiger partial charge is 0.416 e. The number of carbonyl (C=O) groups excluding carboxylic acids is 1. The van der Waals surface area contributed by atoms with E-state index in [-0.39, 0.29) is 11.5 Å². The average Bonchev–Trinajstić information content (AvgIpc) is 3.29. The molecule has 36 heavy (non-hydrogen) atoms. The number of amides is 1. The van der Waals surface area contributed by atoms with Gasteiger partial charge >= 0.3 is 6.18 Å². The Kier molecular flexibility index (Phi) is 6.10. The minimum atomic E-state index is -4.46. The molecule has 0 bridgehead atoms. The molecule has 1 fully saturated rings. The number of rotatable bonds is 3. The molecule has 5 nitrogen and oxygen atoms in total. The summed E-state index contributed by atoms with van der Waals surface area (Å²) < 4.78 is 39.2. The van der Waals surface area contributed by atoms with Crippen LogP contribution in [-0.2, 0) is 11.0 Å². The summed E-state index contributed by atoms with van der Waals surface area (Å²) in [7, 11) is 0. The van der Waals surface area contributed by atoms with Crippen LogP contribution in [0.4, 0.5) is 13.2 Å². The highest BCUT2D eigenvalue weighted by molar-refractivity contribution is 6.31. The number of aromatic amines is 1. The predicted molar refractivity (Wildman–Crippen MR) is 132 cm³/mol. The summed E-state index contributed by atoms with van der Waals surface area (Å²) in [5.74, 6) is -0.316. The Morgan fingerprint density at radius 1 is 1.03 bits per heavy atom. The molecule has 4 aromatic rings. The van der Waals surface area contributed by atoms with Gasteiger partial charge in [-0.05, 0) is 47.9 Å². The standard InChI is InChI=1S/C27H21ClF3N3O2/c1-15(35)34-23(16-7-9-18(10-8-16)27(29,30)31)14-22(33-34)25-24(17-5-3-2-4-6-17)20-13-19(28)11-12-21(20)32-26(25)36/h2-13,22-23,33H,14H2,1H3,(H,32,36). The van der Waals surface area contributed by atoms with E-state index in [2.05, 4.69) is 10.4 Å². The number of hydrazine groups is 1. The number of alkyl halides is 3. The summed E-state index contributed by atoms with van der Waals surface area (Å²) in [5, 5.41) is 2.63. The number of pyridine rings is 1. The minimum absolute atomic E-state index is 0.292. The topological polar surface area (TPSA) is 65.2 Å². The summed E-state index contributed by atoms with van der Waals surface area (Å²) in [4.78, 5) is 28.8. The molecule has 1 aliphatic heterocycles. The van der Waals surface area contributed by atoms with Gasteiger partial charge in [-0.1, -0.05) is 54.1 Å². The highest BCUT2D eigenvalue weighted by Gasteiger charge is 2.38. The monoisotopic (exact) mass is 511 g/mol. The molecule has 0 saturated carbocycles. The first-order valence-electron chi connectivity index (χ1n) is 11.3. The van der Waals surface area contributed by atoms with Crippen molar-refractivity contribution in [3.63, 3.8) is 0 Å². The van der Waals surface area contributed by atoms with E-state index in [9.17, 15) is 22.8 Å². The fourth-order valence-corrected chi connectivity index (χ4v) is 5.01. The van der Waals surface area contributed by atoms with Gasteiger partial charge in [-0.3, -0.25) is 14.6 Å². The molecule has 0 spiro atoms. The molecule has 2 N–H and O–H groups in total. The molecule has 2 atom stereocenters. The van der Waals surface area contributed by atoms with E-state index in [4.69, 9.17) is 11.6 Å². The summed E-state index contributed by atoms with van der Waals surface area (Å²) in [6.07, 6.45) is -4.17. The number of nitrogens with one attached hydrogen (secondary N) is 2. The smallest absolute Gasteiger partial charge is 0.322 e. The molecule has 5 rings (SSSR count). The van der Waals surface area contributed by atoms with Crippen molar-refractivity contribution in [2.24, 2.45) is 0 Å². The van der Waals surface area contributed by atoms with Crippen LogP contribution >= 0.6 is 11.6 Å². The number of nitrogens with zero attached hydrogens (tertiary/aromatic N) is 1. The maximum atomic E-state index is 13.4. The van der Waals surface area contributed by atoms with Gasteiger partial charge in [-0.15, -0.1) is 0 Å². The van der Waals surface area contributed by atoms with Crippen molar-refractivity contribution in [1.82, 2.24) is 15.4 Å². The molecule has 184 valence electrons. The number of hydrogen-bond acceptors (Lipinski definition) is 3. The van der Waals surface area contributed by atoms with Crippen LogP contribution in [0.3, 0.4) is 0 Å². The van der Waals surface area contributed by atoms with Crippen LogP contribution in [0.2, 0.25) is 5.02 Å². The lowest BCUT2D eigenvalue weighted by atomic mass is 9.89. The predicted octanol–water partition coefficient (Wildman–Crippen LogP) is 6.41. The van der Waals surface area contributed by atoms with Crippen molar-refractivity contribution in [2.45, 2.75) is 31.6 Å². The molecule has 1 amide bonds. The molecule has 0 aliphatic carbocycles. The lowest BCUT2D eigenvalue weighted by Crippen LogP contribution is -2.38. The van der Waals surface area contributed by atoms with E-state index in [1.165, 1.54) is 24.1 Å². The van der Waals surface area contributed by atoms with Gasteiger partial charge in [-0.25, -0.2) is 5.43 Å². The van der Waals surface area contributed by atoms with Crippen LogP contribution in [-0.4, -0.2) is 15.9 Å². The van der Waals surface area contributed by atoms with Crippen LogP contribution in [0.25, 0.3) is 22.0 Å². The SMILES string of the molecule is CC(=O)N1NC(c2c(-c3ccccc3)c3cc(Cl)ccc3[nH]c2=O)CC1c1ccc(C(F)(F)F)cc1. The van der Waals surface area contributed by atoms with Crippen LogP contribution in [0.1, 0.15) is 42.1 Å². The molecule has 2 heterocycles. The van der Waals surface area contributed by atoms with E-state index < -0.39 is 23.8 Å². The third kappa shape index (κ3) is 4.38. The number of H-pyrrole nitrogens is 1. The lowest BCUT2D eigenvalue weighted by Gasteiger charge is -2.23. The number of hydrogen-bond donors (Lipinski definition) is 2. The van der Waals surface area contributed by atoms with Crippen molar-refractivity contribution in [3.8, 4) is 11.1 Å². The number of aromatic nitrogens is 1. The molecule has 0 radical (unpaired) electrons. The maximum absolute atomic E-state index is 13.4. The normalized spacial score (nSPS) is 18.1. The third-order valence-electron chi connectivity index (χ3n) is 6.45. The zero-order valence-electron chi connectivity index (χ0n) is 19.1. The fraction of sp³-hybridized carbons (Fsp3) is 0.185. The average molecular weight is 512 g/mol. The Balaban J connectivity index is 1.64. The first-order valence-corrected chi connectivity index (χ1v) is 11.7. The Labute approximate surface area is 209 Å². The zero-order chi connectivity index (χ0) is 25.6. The summed E-state index contributed by atoms with van der Waals surface area (Å²) in [6.45, 7) is 1.37. The Morgan fingerprint density at radius 3 is 2.36 bits per heavy atom. The van der Waals surface area contributed by atoms with Crippen LogP contribution in [0.15, 0.2) is 77.6 Å². The van der Waals surface area contributed by atoms with Gasteiger partial charge in [0.1, 0.15) is 0 Å². The molecule has 9 heteroatoms. The van der Waals surface area contributed by atoms with E-state index >= 15 is 0 Å². The summed E-state index contributed by atoms with van der Waals surface area (Å²) in [5.41, 5.74) is 5.13. The highest BCUT2D eigenvalue weighted by Crippen LogP contribution is 2.42. The van der Waals surface area contributed by atoms with Gasteiger partial charge in [-0.2, -0.15) is 13.2 Å². The Hall–Kier alpha value is -3.62. The zero-order valence-corrected chi connectivity index (χ0v) is 19.8. The molecule has 1 aromatic heterocycles. The van der Waals surface area contributed by atoms with Gasteiger partial charge in [0.25, 0.3) is 5.56 Å². The van der Waals surface area contributed by atoms with E-state index in [0.29, 0.717) is 33.7 Å². The van der Waals surface area contributed by atoms with Gasteiger partial charge in [0, 0.05) is 34.0 Å². The molecule has 1 saturated heterocycles. The van der Waals surface area contributed by atoms with Crippen molar-refractivity contribution in [3.05, 3.63) is 105 Å². The van der Waals surface area contributed by atoms with Crippen LogP contribution < -0.4 is 11.0 Å². The van der Waals surface area contributed by atoms with Crippen molar-refractivity contribution < 1.29 is 18.0 Å². The Bertz CT molecular complexity index is 1500. The third-order valence-corrected chi connectivity index (χ3v) is 6.69. The summed E-state index contributed by atoms with van der Waals surface area (Å²) >= 11 is 6.30. The molecular weight excluding hydrogens is 491 g/mol. The first-order chi connectivity index (χ1) is 17.1. The number of halogens is 4. The minimum Gasteiger partial charge on any atom is -0.322 e. The van der Waals surface area contributed by atoms with Crippen molar-refractivity contribution in [1.29, 1.82) is 0 Å². The highest BCUT2D eigenvalue weighted by atomic mass is 35.5. The quantitative estimate of drug-likeness (QED) is 0.334. The molecule has 3 aromatic carbocycles. The number of fused-ring (bicyclic) bond motifs is 1.